The van der Waals surface area contributed by atoms with E-state index in [2.05, 4.69) is 11.9 Å². The molecule has 0 radical (unpaired) electrons. The Bertz CT molecular complexity index is 242. The summed E-state index contributed by atoms with van der Waals surface area (Å²) in [6, 6.07) is 0. The summed E-state index contributed by atoms with van der Waals surface area (Å²) in [7, 11) is 0. The number of rotatable bonds is 7. The second-order valence-electron chi connectivity index (χ2n) is 3.75. The summed E-state index contributed by atoms with van der Waals surface area (Å²) in [5.74, 6) is 0.638. The van der Waals surface area contributed by atoms with Gasteiger partial charge >= 0.3 is 0 Å². The number of unbranched alkanes of at least 4 members (excludes halogenated alkanes) is 5. The lowest BCUT2D eigenvalue weighted by atomic mass is 10.1. The predicted molar refractivity (Wildman–Crippen MR) is 60.0 cm³/mol. The van der Waals surface area contributed by atoms with Crippen molar-refractivity contribution in [1.82, 2.24) is 9.55 Å². The largest absolute Gasteiger partial charge is 0.369 e. The van der Waals surface area contributed by atoms with Gasteiger partial charge in [-0.05, 0) is 6.42 Å². The minimum absolute atomic E-state index is 0.638. The minimum atomic E-state index is 0.638. The van der Waals surface area contributed by atoms with Gasteiger partial charge in [0.15, 0.2) is 5.95 Å². The standard InChI is InChI=1S/C11H21N3/c1-2-3-4-5-6-7-9-14-10-8-13-11(14)12/h8,10H,2-7,9H2,1H3,(H2,12,13). The van der Waals surface area contributed by atoms with Gasteiger partial charge in [-0.2, -0.15) is 0 Å². The van der Waals surface area contributed by atoms with Crippen LogP contribution in [0, 0.1) is 0 Å². The van der Waals surface area contributed by atoms with E-state index in [1.54, 1.807) is 6.20 Å². The fraction of sp³-hybridized carbons (Fsp3) is 0.727. The van der Waals surface area contributed by atoms with Crippen LogP contribution in [-0.4, -0.2) is 9.55 Å². The SMILES string of the molecule is CCCCCCCCn1ccnc1N. The molecule has 0 aliphatic heterocycles. The molecule has 0 saturated heterocycles. The lowest BCUT2D eigenvalue weighted by molar-refractivity contribution is 0.561. The Morgan fingerprint density at radius 2 is 1.93 bits per heavy atom. The van der Waals surface area contributed by atoms with Gasteiger partial charge in [-0.25, -0.2) is 4.98 Å². The molecule has 1 aromatic rings. The molecule has 3 heteroatoms. The predicted octanol–water partition coefficient (Wildman–Crippen LogP) is 2.83. The maximum absolute atomic E-state index is 5.65. The van der Waals surface area contributed by atoms with Crippen molar-refractivity contribution < 1.29 is 0 Å². The molecule has 0 saturated carbocycles. The van der Waals surface area contributed by atoms with Crippen LogP contribution in [0.3, 0.4) is 0 Å². The van der Waals surface area contributed by atoms with Gasteiger partial charge in [0.1, 0.15) is 0 Å². The van der Waals surface area contributed by atoms with Crippen molar-refractivity contribution in [3.63, 3.8) is 0 Å². The van der Waals surface area contributed by atoms with Crippen molar-refractivity contribution in [2.24, 2.45) is 0 Å². The smallest absolute Gasteiger partial charge is 0.200 e. The van der Waals surface area contributed by atoms with E-state index in [0.29, 0.717) is 5.95 Å². The van der Waals surface area contributed by atoms with Gasteiger partial charge in [0.05, 0.1) is 0 Å². The molecule has 0 fully saturated rings. The molecule has 0 aliphatic carbocycles. The summed E-state index contributed by atoms with van der Waals surface area (Å²) in [6.45, 7) is 3.25. The number of imidazole rings is 1. The number of hydrogen-bond donors (Lipinski definition) is 1. The van der Waals surface area contributed by atoms with Crippen LogP contribution in [0.15, 0.2) is 12.4 Å². The number of nitrogen functional groups attached to an aromatic ring is 1. The third-order valence-electron chi connectivity index (χ3n) is 2.50. The van der Waals surface area contributed by atoms with Crippen molar-refractivity contribution in [2.45, 2.75) is 52.0 Å². The van der Waals surface area contributed by atoms with Crippen molar-refractivity contribution in [3.8, 4) is 0 Å². The molecule has 0 bridgehead atoms. The first-order valence-corrected chi connectivity index (χ1v) is 5.61. The number of aromatic nitrogens is 2. The van der Waals surface area contributed by atoms with Crippen LogP contribution in [-0.2, 0) is 6.54 Å². The summed E-state index contributed by atoms with van der Waals surface area (Å²) in [6.07, 6.45) is 11.6. The van der Waals surface area contributed by atoms with E-state index in [1.165, 1.54) is 38.5 Å². The van der Waals surface area contributed by atoms with Crippen LogP contribution >= 0.6 is 0 Å². The third kappa shape index (κ3) is 3.81. The molecule has 0 spiro atoms. The van der Waals surface area contributed by atoms with Crippen LogP contribution in [0.5, 0.6) is 0 Å². The first-order valence-electron chi connectivity index (χ1n) is 5.61. The van der Waals surface area contributed by atoms with Crippen LogP contribution in [0.25, 0.3) is 0 Å². The van der Waals surface area contributed by atoms with Gasteiger partial charge in [0, 0.05) is 18.9 Å². The first kappa shape index (κ1) is 11.1. The zero-order chi connectivity index (χ0) is 10.2. The molecular weight excluding hydrogens is 174 g/mol. The lowest BCUT2D eigenvalue weighted by Crippen LogP contribution is -2.02. The van der Waals surface area contributed by atoms with Gasteiger partial charge in [0.25, 0.3) is 0 Å². The number of nitrogens with two attached hydrogens (primary N) is 1. The molecule has 1 heterocycles. The number of nitrogens with zero attached hydrogens (tertiary/aromatic N) is 2. The molecule has 0 aromatic carbocycles. The summed E-state index contributed by atoms with van der Waals surface area (Å²) in [4.78, 5) is 3.99. The maximum Gasteiger partial charge on any atom is 0.200 e. The molecule has 2 N–H and O–H groups in total. The second kappa shape index (κ2) is 6.46. The summed E-state index contributed by atoms with van der Waals surface area (Å²) in [5, 5.41) is 0. The Hall–Kier alpha value is -0.990. The number of aryl methyl sites for hydroxylation is 1. The quantitative estimate of drug-likeness (QED) is 0.680. The maximum atomic E-state index is 5.65. The molecule has 0 atom stereocenters. The topological polar surface area (TPSA) is 43.8 Å². The molecular formula is C11H21N3. The van der Waals surface area contributed by atoms with E-state index in [1.807, 2.05) is 10.8 Å². The zero-order valence-electron chi connectivity index (χ0n) is 9.08. The highest BCUT2D eigenvalue weighted by Crippen LogP contribution is 2.07. The lowest BCUT2D eigenvalue weighted by Gasteiger charge is -2.03. The van der Waals surface area contributed by atoms with Gasteiger partial charge in [-0.3, -0.25) is 0 Å². The first-order chi connectivity index (χ1) is 6.84. The molecule has 80 valence electrons. The van der Waals surface area contributed by atoms with Crippen LogP contribution in [0.1, 0.15) is 45.4 Å². The van der Waals surface area contributed by atoms with Crippen LogP contribution < -0.4 is 5.73 Å². The molecule has 1 rings (SSSR count). The van der Waals surface area contributed by atoms with Gasteiger partial charge in [-0.1, -0.05) is 39.0 Å². The van der Waals surface area contributed by atoms with Crippen LogP contribution in [0.4, 0.5) is 5.95 Å². The Morgan fingerprint density at radius 1 is 1.21 bits per heavy atom. The Balaban J connectivity index is 2.02. The van der Waals surface area contributed by atoms with Crippen molar-refractivity contribution in [3.05, 3.63) is 12.4 Å². The average molecular weight is 195 g/mol. The second-order valence-corrected chi connectivity index (χ2v) is 3.75. The molecule has 0 aliphatic rings. The monoisotopic (exact) mass is 195 g/mol. The summed E-state index contributed by atoms with van der Waals surface area (Å²) in [5.41, 5.74) is 5.65. The third-order valence-corrected chi connectivity index (χ3v) is 2.50. The van der Waals surface area contributed by atoms with Gasteiger partial charge in [-0.15, -0.1) is 0 Å². The van der Waals surface area contributed by atoms with Gasteiger partial charge < -0.3 is 10.3 Å². The minimum Gasteiger partial charge on any atom is -0.369 e. The molecule has 14 heavy (non-hydrogen) atoms. The van der Waals surface area contributed by atoms with Crippen molar-refractivity contribution in [2.75, 3.05) is 5.73 Å². The zero-order valence-corrected chi connectivity index (χ0v) is 9.08. The van der Waals surface area contributed by atoms with Gasteiger partial charge in [0.2, 0.25) is 0 Å². The number of hydrogen-bond acceptors (Lipinski definition) is 2. The Labute approximate surface area is 86.3 Å². The Kier molecular flexibility index (Phi) is 5.12. The van der Waals surface area contributed by atoms with E-state index in [9.17, 15) is 0 Å². The van der Waals surface area contributed by atoms with Crippen molar-refractivity contribution in [1.29, 1.82) is 0 Å². The summed E-state index contributed by atoms with van der Waals surface area (Å²) >= 11 is 0. The molecule has 0 amide bonds. The van der Waals surface area contributed by atoms with Crippen LogP contribution in [0.2, 0.25) is 0 Å². The summed E-state index contributed by atoms with van der Waals surface area (Å²) < 4.78 is 2.01. The Morgan fingerprint density at radius 3 is 2.57 bits per heavy atom. The van der Waals surface area contributed by atoms with E-state index < -0.39 is 0 Å². The normalized spacial score (nSPS) is 10.6. The van der Waals surface area contributed by atoms with E-state index in [4.69, 9.17) is 5.73 Å². The molecule has 3 nitrogen and oxygen atoms in total. The van der Waals surface area contributed by atoms with Crippen molar-refractivity contribution >= 4 is 5.95 Å². The molecule has 1 aromatic heterocycles. The fourth-order valence-electron chi connectivity index (χ4n) is 1.59. The average Bonchev–Trinajstić information content (AvgIpc) is 2.58. The highest BCUT2D eigenvalue weighted by Gasteiger charge is 1.96. The fourth-order valence-corrected chi connectivity index (χ4v) is 1.59. The highest BCUT2D eigenvalue weighted by molar-refractivity contribution is 5.16. The highest BCUT2D eigenvalue weighted by atomic mass is 15.1. The number of anilines is 1. The molecule has 0 unspecified atom stereocenters. The van der Waals surface area contributed by atoms with E-state index in [-0.39, 0.29) is 0 Å². The van der Waals surface area contributed by atoms with E-state index >= 15 is 0 Å². The van der Waals surface area contributed by atoms with E-state index in [0.717, 1.165) is 6.54 Å².